The predicted octanol–water partition coefficient (Wildman–Crippen LogP) is 4.92. The maximum atomic E-state index is 11.9. The van der Waals surface area contributed by atoms with E-state index in [1.165, 1.54) is 11.1 Å². The Balaban J connectivity index is 2.09. The number of hydrogen-bond acceptors (Lipinski definition) is 3. The summed E-state index contributed by atoms with van der Waals surface area (Å²) in [6.07, 6.45) is 0.909. The highest BCUT2D eigenvalue weighted by atomic mass is 32.1. The van der Waals surface area contributed by atoms with Gasteiger partial charge in [-0.2, -0.15) is 0 Å². The first-order chi connectivity index (χ1) is 12.4. The molecule has 0 aliphatic carbocycles. The van der Waals surface area contributed by atoms with Gasteiger partial charge in [-0.15, -0.1) is 0 Å². The van der Waals surface area contributed by atoms with E-state index in [1.54, 1.807) is 19.1 Å². The number of ether oxygens (including phenoxy) is 1. The van der Waals surface area contributed by atoms with Crippen molar-refractivity contribution in [3.05, 3.63) is 64.7 Å². The first-order valence-electron chi connectivity index (χ1n) is 8.86. The second-order valence-corrected chi connectivity index (χ2v) is 6.63. The lowest BCUT2D eigenvalue weighted by Crippen LogP contribution is -2.32. The molecule has 4 nitrogen and oxygen atoms in total. The van der Waals surface area contributed by atoms with E-state index in [0.717, 1.165) is 17.7 Å². The average molecular weight is 371 g/mol. The summed E-state index contributed by atoms with van der Waals surface area (Å²) in [5.41, 5.74) is 4.74. The highest BCUT2D eigenvalue weighted by Gasteiger charge is 2.13. The molecule has 26 heavy (non-hydrogen) atoms. The Morgan fingerprint density at radius 2 is 1.81 bits per heavy atom. The van der Waals surface area contributed by atoms with Crippen molar-refractivity contribution < 1.29 is 9.53 Å². The number of carbonyl (C=O) groups is 1. The number of carbonyl (C=O) groups excluding carboxylic acids is 1. The minimum atomic E-state index is -0.333. The Bertz CT molecular complexity index is 772. The van der Waals surface area contributed by atoms with Gasteiger partial charge in [0.2, 0.25) is 0 Å². The number of nitrogens with one attached hydrogen (secondary N) is 2. The van der Waals surface area contributed by atoms with Crippen molar-refractivity contribution in [1.29, 1.82) is 0 Å². The van der Waals surface area contributed by atoms with E-state index in [9.17, 15) is 4.79 Å². The second kappa shape index (κ2) is 9.34. The van der Waals surface area contributed by atoms with E-state index >= 15 is 0 Å². The van der Waals surface area contributed by atoms with Gasteiger partial charge in [-0.05, 0) is 62.7 Å². The largest absolute Gasteiger partial charge is 0.462 e. The molecule has 0 heterocycles. The smallest absolute Gasteiger partial charge is 0.338 e. The van der Waals surface area contributed by atoms with Gasteiger partial charge in [0, 0.05) is 5.69 Å². The molecule has 0 radical (unpaired) electrons. The summed E-state index contributed by atoms with van der Waals surface area (Å²) >= 11 is 5.49. The third-order valence-electron chi connectivity index (χ3n) is 4.19. The summed E-state index contributed by atoms with van der Waals surface area (Å²) in [6.45, 7) is 8.30. The molecule has 0 spiro atoms. The van der Waals surface area contributed by atoms with Crippen molar-refractivity contribution in [2.45, 2.75) is 40.2 Å². The van der Waals surface area contributed by atoms with Crippen molar-refractivity contribution in [2.75, 3.05) is 11.9 Å². The van der Waals surface area contributed by atoms with Crippen molar-refractivity contribution in [3.63, 3.8) is 0 Å². The molecule has 1 atom stereocenters. The molecule has 0 aromatic heterocycles. The fourth-order valence-corrected chi connectivity index (χ4v) is 2.89. The molecule has 5 heteroatoms. The number of rotatable bonds is 6. The highest BCUT2D eigenvalue weighted by molar-refractivity contribution is 7.80. The second-order valence-electron chi connectivity index (χ2n) is 6.22. The summed E-state index contributed by atoms with van der Waals surface area (Å²) in [4.78, 5) is 11.9. The normalized spacial score (nSPS) is 11.5. The molecule has 2 N–H and O–H groups in total. The van der Waals surface area contributed by atoms with E-state index < -0.39 is 0 Å². The van der Waals surface area contributed by atoms with Crippen LogP contribution in [0.25, 0.3) is 0 Å². The van der Waals surface area contributed by atoms with E-state index in [0.29, 0.717) is 17.3 Å². The van der Waals surface area contributed by atoms with Crippen LogP contribution >= 0.6 is 12.2 Å². The molecular weight excluding hydrogens is 344 g/mol. The van der Waals surface area contributed by atoms with Gasteiger partial charge < -0.3 is 15.4 Å². The van der Waals surface area contributed by atoms with Crippen molar-refractivity contribution in [2.24, 2.45) is 0 Å². The maximum Gasteiger partial charge on any atom is 0.338 e. The topological polar surface area (TPSA) is 50.4 Å². The van der Waals surface area contributed by atoms with Crippen LogP contribution < -0.4 is 10.6 Å². The lowest BCUT2D eigenvalue weighted by molar-refractivity contribution is 0.0526. The van der Waals surface area contributed by atoms with Crippen LogP contribution in [0.1, 0.15) is 53.4 Å². The standard InChI is InChI=1S/C21H26N2O2S/c1-5-18(16-10-7-14(3)8-11-16)22-21(26)23-19-13-17(12-9-15(19)4)20(24)25-6-2/h7-13,18H,5-6H2,1-4H3,(H2,22,23,26)/t18-/m0/s1. The van der Waals surface area contributed by atoms with Gasteiger partial charge in [0.15, 0.2) is 5.11 Å². The molecule has 2 aromatic rings. The summed E-state index contributed by atoms with van der Waals surface area (Å²) in [7, 11) is 0. The van der Waals surface area contributed by atoms with Crippen LogP contribution in [0.15, 0.2) is 42.5 Å². The minimum Gasteiger partial charge on any atom is -0.462 e. The highest BCUT2D eigenvalue weighted by Crippen LogP contribution is 2.20. The zero-order chi connectivity index (χ0) is 19.1. The van der Waals surface area contributed by atoms with Gasteiger partial charge in [-0.1, -0.05) is 42.8 Å². The van der Waals surface area contributed by atoms with E-state index in [-0.39, 0.29) is 12.0 Å². The Morgan fingerprint density at radius 3 is 2.42 bits per heavy atom. The van der Waals surface area contributed by atoms with Crippen LogP contribution in [-0.2, 0) is 4.74 Å². The minimum absolute atomic E-state index is 0.129. The van der Waals surface area contributed by atoms with Crippen LogP contribution in [0.5, 0.6) is 0 Å². The first kappa shape index (κ1) is 19.9. The van der Waals surface area contributed by atoms with Crippen molar-refractivity contribution in [1.82, 2.24) is 5.32 Å². The monoisotopic (exact) mass is 370 g/mol. The van der Waals surface area contributed by atoms with Gasteiger partial charge >= 0.3 is 5.97 Å². The van der Waals surface area contributed by atoms with Crippen molar-refractivity contribution in [3.8, 4) is 0 Å². The number of aryl methyl sites for hydroxylation is 2. The lowest BCUT2D eigenvalue weighted by Gasteiger charge is -2.21. The predicted molar refractivity (Wildman–Crippen MR) is 111 cm³/mol. The molecule has 0 aliphatic rings. The zero-order valence-corrected chi connectivity index (χ0v) is 16.6. The average Bonchev–Trinajstić information content (AvgIpc) is 2.62. The van der Waals surface area contributed by atoms with E-state index in [1.807, 2.05) is 13.0 Å². The van der Waals surface area contributed by atoms with Gasteiger partial charge in [0.1, 0.15) is 0 Å². The van der Waals surface area contributed by atoms with Crippen LogP contribution in [-0.4, -0.2) is 17.7 Å². The molecule has 0 bridgehead atoms. The summed E-state index contributed by atoms with van der Waals surface area (Å²) in [5.74, 6) is -0.333. The van der Waals surface area contributed by atoms with Gasteiger partial charge in [-0.3, -0.25) is 0 Å². The van der Waals surface area contributed by atoms with E-state index in [4.69, 9.17) is 17.0 Å². The van der Waals surface area contributed by atoms with Crippen LogP contribution in [0.4, 0.5) is 5.69 Å². The molecular formula is C21H26N2O2S. The number of anilines is 1. The van der Waals surface area contributed by atoms with Gasteiger partial charge in [0.05, 0.1) is 18.2 Å². The van der Waals surface area contributed by atoms with Crippen LogP contribution in [0, 0.1) is 13.8 Å². The van der Waals surface area contributed by atoms with Gasteiger partial charge in [-0.25, -0.2) is 4.79 Å². The molecule has 2 rings (SSSR count). The molecule has 0 fully saturated rings. The molecule has 2 aromatic carbocycles. The fourth-order valence-electron chi connectivity index (χ4n) is 2.63. The van der Waals surface area contributed by atoms with Crippen molar-refractivity contribution >= 4 is 29.0 Å². The number of benzene rings is 2. The molecule has 0 saturated heterocycles. The third kappa shape index (κ3) is 5.30. The Kier molecular flexibility index (Phi) is 7.16. The third-order valence-corrected chi connectivity index (χ3v) is 4.41. The zero-order valence-electron chi connectivity index (χ0n) is 15.8. The summed E-state index contributed by atoms with van der Waals surface area (Å²) in [5, 5.41) is 7.09. The maximum absolute atomic E-state index is 11.9. The Morgan fingerprint density at radius 1 is 1.12 bits per heavy atom. The molecule has 0 amide bonds. The molecule has 0 unspecified atom stereocenters. The SMILES string of the molecule is CCOC(=O)c1ccc(C)c(NC(=S)N[C@@H](CC)c2ccc(C)cc2)c1. The Labute approximate surface area is 161 Å². The summed E-state index contributed by atoms with van der Waals surface area (Å²) in [6, 6.07) is 14.0. The van der Waals surface area contributed by atoms with Gasteiger partial charge in [0.25, 0.3) is 0 Å². The van der Waals surface area contributed by atoms with Crippen LogP contribution in [0.3, 0.4) is 0 Å². The van der Waals surface area contributed by atoms with E-state index in [2.05, 4.69) is 48.7 Å². The number of hydrogen-bond donors (Lipinski definition) is 2. The first-order valence-corrected chi connectivity index (χ1v) is 9.27. The quantitative estimate of drug-likeness (QED) is 0.558. The lowest BCUT2D eigenvalue weighted by atomic mass is 10.0. The number of thiocarbonyl (C=S) groups is 1. The number of esters is 1. The fraction of sp³-hybridized carbons (Fsp3) is 0.333. The molecule has 138 valence electrons. The molecule has 0 saturated carbocycles. The molecule has 0 aliphatic heterocycles. The summed E-state index contributed by atoms with van der Waals surface area (Å²) < 4.78 is 5.06. The van der Waals surface area contributed by atoms with Crippen LogP contribution in [0.2, 0.25) is 0 Å². The Hall–Kier alpha value is -2.40.